The largest absolute Gasteiger partial charge is 0.472 e. The second kappa shape index (κ2) is 8.46. The van der Waals surface area contributed by atoms with Gasteiger partial charge < -0.3 is 9.40 Å². The predicted molar refractivity (Wildman–Crippen MR) is 141 cm³/mol. The van der Waals surface area contributed by atoms with E-state index in [9.17, 15) is 0 Å². The SMILES string of the molecule is Cc1ccc(-c2ccoc2)c2cc(-c3n[nH]c4cnc(-c5cncc(CN6CCCC6)c5)cc34)[nH]c12. The van der Waals surface area contributed by atoms with Gasteiger partial charge in [-0.2, -0.15) is 5.10 Å². The van der Waals surface area contributed by atoms with Crippen LogP contribution in [0.25, 0.3) is 55.6 Å². The number of likely N-dealkylation sites (tertiary alicyclic amines) is 1. The number of rotatable bonds is 5. The van der Waals surface area contributed by atoms with Crippen molar-refractivity contribution in [2.45, 2.75) is 26.3 Å². The number of aromatic amines is 2. The molecule has 0 saturated carbocycles. The molecular formula is C29H26N6O. The zero-order valence-electron chi connectivity index (χ0n) is 20.1. The number of hydrogen-bond donors (Lipinski definition) is 2. The van der Waals surface area contributed by atoms with Crippen LogP contribution in [0.2, 0.25) is 0 Å². The van der Waals surface area contributed by atoms with Gasteiger partial charge >= 0.3 is 0 Å². The number of fused-ring (bicyclic) bond motifs is 2. The van der Waals surface area contributed by atoms with Gasteiger partial charge in [0.15, 0.2) is 0 Å². The molecule has 1 aromatic carbocycles. The maximum absolute atomic E-state index is 5.34. The third-order valence-electron chi connectivity index (χ3n) is 7.23. The standard InChI is InChI=1S/C29H26N6O/c1-18-4-5-22(20-6-9-36-17-20)23-11-26(32-28(18)23)29-24-12-25(31-15-27(24)33-34-29)21-10-19(13-30-14-21)16-35-7-2-3-8-35/h4-6,9-15,17,32H,2-3,7-8,16H2,1H3,(H,33,34). The van der Waals surface area contributed by atoms with Gasteiger partial charge in [0.1, 0.15) is 5.69 Å². The lowest BCUT2D eigenvalue weighted by molar-refractivity contribution is 0.331. The summed E-state index contributed by atoms with van der Waals surface area (Å²) >= 11 is 0. The van der Waals surface area contributed by atoms with Crippen molar-refractivity contribution in [1.29, 1.82) is 0 Å². The van der Waals surface area contributed by atoms with Crippen LogP contribution in [0.4, 0.5) is 0 Å². The number of furan rings is 1. The molecule has 7 rings (SSSR count). The van der Waals surface area contributed by atoms with Crippen molar-refractivity contribution in [3.8, 4) is 33.8 Å². The average Bonchev–Trinajstić information content (AvgIpc) is 3.71. The molecule has 7 heteroatoms. The van der Waals surface area contributed by atoms with Gasteiger partial charge in [-0.1, -0.05) is 12.1 Å². The van der Waals surface area contributed by atoms with E-state index in [2.05, 4.69) is 62.3 Å². The van der Waals surface area contributed by atoms with Crippen molar-refractivity contribution >= 4 is 21.8 Å². The summed E-state index contributed by atoms with van der Waals surface area (Å²) in [5, 5.41) is 10.00. The highest BCUT2D eigenvalue weighted by molar-refractivity contribution is 6.02. The van der Waals surface area contributed by atoms with Gasteiger partial charge in [0.05, 0.1) is 35.6 Å². The van der Waals surface area contributed by atoms with E-state index in [4.69, 9.17) is 9.40 Å². The summed E-state index contributed by atoms with van der Waals surface area (Å²) in [4.78, 5) is 15.3. The molecule has 0 bridgehead atoms. The third kappa shape index (κ3) is 3.60. The molecule has 6 aromatic rings. The van der Waals surface area contributed by atoms with Crippen LogP contribution in [0.1, 0.15) is 24.0 Å². The van der Waals surface area contributed by atoms with Crippen LogP contribution >= 0.6 is 0 Å². The minimum absolute atomic E-state index is 0.878. The van der Waals surface area contributed by atoms with Crippen LogP contribution < -0.4 is 0 Å². The number of aromatic nitrogens is 5. The second-order valence-corrected chi connectivity index (χ2v) is 9.67. The Morgan fingerprint density at radius 1 is 0.972 bits per heavy atom. The van der Waals surface area contributed by atoms with Crippen LogP contribution in [-0.4, -0.2) is 43.1 Å². The van der Waals surface area contributed by atoms with Crippen LogP contribution in [0.3, 0.4) is 0 Å². The lowest BCUT2D eigenvalue weighted by atomic mass is 10.0. The van der Waals surface area contributed by atoms with Crippen molar-refractivity contribution < 1.29 is 4.42 Å². The van der Waals surface area contributed by atoms with Gasteiger partial charge in [0.2, 0.25) is 0 Å². The molecule has 178 valence electrons. The number of nitrogens with one attached hydrogen (secondary N) is 2. The number of hydrogen-bond acceptors (Lipinski definition) is 5. The van der Waals surface area contributed by atoms with Gasteiger partial charge in [0.25, 0.3) is 0 Å². The molecule has 5 aromatic heterocycles. The highest BCUT2D eigenvalue weighted by Crippen LogP contribution is 2.36. The number of aryl methyl sites for hydroxylation is 1. The summed E-state index contributed by atoms with van der Waals surface area (Å²) in [5.74, 6) is 0. The Kier molecular flexibility index (Phi) is 4.96. The smallest absolute Gasteiger partial charge is 0.116 e. The predicted octanol–water partition coefficient (Wildman–Crippen LogP) is 6.33. The fraction of sp³-hybridized carbons (Fsp3) is 0.207. The average molecular weight is 475 g/mol. The van der Waals surface area contributed by atoms with Crippen LogP contribution in [0.5, 0.6) is 0 Å². The molecule has 1 saturated heterocycles. The lowest BCUT2D eigenvalue weighted by Crippen LogP contribution is -2.18. The fourth-order valence-corrected chi connectivity index (χ4v) is 5.35. The van der Waals surface area contributed by atoms with Gasteiger partial charge in [0, 0.05) is 46.4 Å². The Hall–Kier alpha value is -4.23. The van der Waals surface area contributed by atoms with Gasteiger partial charge in [-0.05, 0) is 73.8 Å². The quantitative estimate of drug-likeness (QED) is 0.305. The Morgan fingerprint density at radius 2 is 1.89 bits per heavy atom. The summed E-state index contributed by atoms with van der Waals surface area (Å²) in [6, 6.07) is 12.8. The van der Waals surface area contributed by atoms with E-state index in [0.717, 1.165) is 62.1 Å². The first-order valence-corrected chi connectivity index (χ1v) is 12.4. The molecule has 2 N–H and O–H groups in total. The summed E-state index contributed by atoms with van der Waals surface area (Å²) in [5.41, 5.74) is 10.4. The van der Waals surface area contributed by atoms with Crippen LogP contribution in [0, 0.1) is 6.92 Å². The number of nitrogens with zero attached hydrogens (tertiary/aromatic N) is 4. The molecule has 0 spiro atoms. The Morgan fingerprint density at radius 3 is 2.75 bits per heavy atom. The van der Waals surface area contributed by atoms with Crippen molar-refractivity contribution in [2.24, 2.45) is 0 Å². The van der Waals surface area contributed by atoms with Gasteiger partial charge in [-0.25, -0.2) is 0 Å². The van der Waals surface area contributed by atoms with E-state index in [-0.39, 0.29) is 0 Å². The third-order valence-corrected chi connectivity index (χ3v) is 7.23. The fourth-order valence-electron chi connectivity index (χ4n) is 5.35. The zero-order valence-corrected chi connectivity index (χ0v) is 20.1. The molecule has 1 fully saturated rings. The van der Waals surface area contributed by atoms with E-state index in [0.29, 0.717) is 0 Å². The first-order chi connectivity index (χ1) is 17.7. The summed E-state index contributed by atoms with van der Waals surface area (Å²) in [6.07, 6.45) is 11.8. The van der Waals surface area contributed by atoms with Gasteiger partial charge in [-0.3, -0.25) is 20.0 Å². The van der Waals surface area contributed by atoms with Crippen molar-refractivity contribution in [2.75, 3.05) is 13.1 Å². The van der Waals surface area contributed by atoms with Crippen molar-refractivity contribution in [1.82, 2.24) is 30.0 Å². The Balaban J connectivity index is 1.30. The summed E-state index contributed by atoms with van der Waals surface area (Å²) in [7, 11) is 0. The minimum Gasteiger partial charge on any atom is -0.472 e. The van der Waals surface area contributed by atoms with Crippen molar-refractivity contribution in [3.05, 3.63) is 78.6 Å². The first-order valence-electron chi connectivity index (χ1n) is 12.4. The maximum atomic E-state index is 5.34. The lowest BCUT2D eigenvalue weighted by Gasteiger charge is -2.14. The Labute approximate surface area is 208 Å². The van der Waals surface area contributed by atoms with Gasteiger partial charge in [-0.15, -0.1) is 0 Å². The molecule has 0 aliphatic carbocycles. The van der Waals surface area contributed by atoms with E-state index < -0.39 is 0 Å². The molecule has 36 heavy (non-hydrogen) atoms. The monoisotopic (exact) mass is 474 g/mol. The normalized spacial score (nSPS) is 14.4. The molecule has 0 amide bonds. The molecule has 0 radical (unpaired) electrons. The highest BCUT2D eigenvalue weighted by atomic mass is 16.3. The first kappa shape index (κ1) is 21.1. The van der Waals surface area contributed by atoms with E-state index in [1.807, 2.05) is 24.7 Å². The van der Waals surface area contributed by atoms with Crippen molar-refractivity contribution in [3.63, 3.8) is 0 Å². The van der Waals surface area contributed by atoms with E-state index in [1.165, 1.54) is 37.1 Å². The van der Waals surface area contributed by atoms with Crippen LogP contribution in [0.15, 0.2) is 71.9 Å². The molecular weight excluding hydrogens is 448 g/mol. The number of pyridine rings is 2. The summed E-state index contributed by atoms with van der Waals surface area (Å²) < 4.78 is 5.34. The molecule has 0 atom stereocenters. The molecule has 1 aliphatic heterocycles. The van der Waals surface area contributed by atoms with E-state index in [1.54, 1.807) is 12.5 Å². The molecule has 1 aliphatic rings. The highest BCUT2D eigenvalue weighted by Gasteiger charge is 2.17. The zero-order chi connectivity index (χ0) is 24.1. The molecule has 6 heterocycles. The molecule has 0 unspecified atom stereocenters. The Bertz CT molecular complexity index is 1690. The second-order valence-electron chi connectivity index (χ2n) is 9.67. The minimum atomic E-state index is 0.878. The number of H-pyrrole nitrogens is 2. The van der Waals surface area contributed by atoms with Crippen LogP contribution in [-0.2, 0) is 6.54 Å². The number of benzene rings is 1. The van der Waals surface area contributed by atoms with E-state index >= 15 is 0 Å². The molecule has 7 nitrogen and oxygen atoms in total. The summed E-state index contributed by atoms with van der Waals surface area (Å²) in [6.45, 7) is 5.39. The topological polar surface area (TPSA) is 86.6 Å². The maximum Gasteiger partial charge on any atom is 0.116 e.